The number of hydrogen-bond acceptors (Lipinski definition) is 5. The molecule has 0 bridgehead atoms. The number of carbonyl (C=O) groups is 1. The molecule has 6 nitrogen and oxygen atoms in total. The molecule has 0 spiro atoms. The molecule has 28 heavy (non-hydrogen) atoms. The van der Waals surface area contributed by atoms with Crippen molar-refractivity contribution in [1.29, 1.82) is 0 Å². The Labute approximate surface area is 166 Å². The molecule has 140 valence electrons. The molecule has 0 aliphatic rings. The maximum atomic E-state index is 13.0. The summed E-state index contributed by atoms with van der Waals surface area (Å²) >= 11 is 6.00. The van der Waals surface area contributed by atoms with Crippen LogP contribution in [0.25, 0.3) is 5.52 Å². The first kappa shape index (κ1) is 18.0. The molecule has 7 heteroatoms. The monoisotopic (exact) mass is 393 g/mol. The van der Waals surface area contributed by atoms with Crippen molar-refractivity contribution in [2.45, 2.75) is 6.10 Å². The van der Waals surface area contributed by atoms with Gasteiger partial charge in [0.25, 0.3) is 0 Å². The van der Waals surface area contributed by atoms with Crippen LogP contribution in [-0.4, -0.2) is 27.7 Å². The molecule has 0 aliphatic heterocycles. The number of esters is 1. The minimum absolute atomic E-state index is 0.320. The third-order valence-electron chi connectivity index (χ3n) is 4.33. The van der Waals surface area contributed by atoms with Gasteiger partial charge in [-0.05, 0) is 35.9 Å². The van der Waals surface area contributed by atoms with Gasteiger partial charge < -0.3 is 9.47 Å². The minimum Gasteiger partial charge on any atom is -0.494 e. The number of halogens is 1. The first-order valence-electron chi connectivity index (χ1n) is 8.54. The van der Waals surface area contributed by atoms with Crippen LogP contribution in [0.15, 0.2) is 73.3 Å². The predicted octanol–water partition coefficient (Wildman–Crippen LogP) is 4.34. The number of aromatic nitrogens is 3. The van der Waals surface area contributed by atoms with Crippen LogP contribution >= 0.6 is 11.6 Å². The normalized spacial score (nSPS) is 11.9. The van der Waals surface area contributed by atoms with Crippen LogP contribution in [0.3, 0.4) is 0 Å². The van der Waals surface area contributed by atoms with E-state index in [9.17, 15) is 4.79 Å². The largest absolute Gasteiger partial charge is 0.494 e. The fourth-order valence-corrected chi connectivity index (χ4v) is 3.12. The predicted molar refractivity (Wildman–Crippen MR) is 105 cm³/mol. The summed E-state index contributed by atoms with van der Waals surface area (Å²) in [7, 11) is 1.55. The van der Waals surface area contributed by atoms with E-state index in [4.69, 9.17) is 21.1 Å². The fourth-order valence-electron chi connectivity index (χ4n) is 2.99. The number of benzene rings is 1. The lowest BCUT2D eigenvalue weighted by Gasteiger charge is -2.18. The quantitative estimate of drug-likeness (QED) is 0.472. The summed E-state index contributed by atoms with van der Waals surface area (Å²) in [6, 6.07) is 14.4. The number of hydrogen-bond donors (Lipinski definition) is 0. The molecule has 3 heterocycles. The molecule has 4 aromatic rings. The number of methoxy groups -OCH3 is 1. The fraction of sp³-hybridized carbons (Fsp3) is 0.0952. The van der Waals surface area contributed by atoms with E-state index >= 15 is 0 Å². The SMILES string of the molecule is COc1cccn2ncc(C(=O)OC(c3ccc(Cl)cc3)c3cccnc3)c12. The number of rotatable bonds is 5. The molecular weight excluding hydrogens is 378 g/mol. The maximum absolute atomic E-state index is 13.0. The molecule has 0 radical (unpaired) electrons. The van der Waals surface area contributed by atoms with E-state index in [-0.39, 0.29) is 0 Å². The third-order valence-corrected chi connectivity index (χ3v) is 4.58. The van der Waals surface area contributed by atoms with Crippen LogP contribution < -0.4 is 4.74 Å². The second-order valence-electron chi connectivity index (χ2n) is 6.05. The highest BCUT2D eigenvalue weighted by molar-refractivity contribution is 6.30. The molecule has 4 rings (SSSR count). The standard InChI is InChI=1S/C21H16ClN3O3/c1-27-18-5-3-11-25-19(18)17(13-24-25)21(26)28-20(15-4-2-10-23-12-15)14-6-8-16(22)9-7-14/h2-13,20H,1H3. The summed E-state index contributed by atoms with van der Waals surface area (Å²) in [5, 5.41) is 4.82. The molecule has 0 saturated carbocycles. The van der Waals surface area contributed by atoms with Crippen LogP contribution in [0.4, 0.5) is 0 Å². The Kier molecular flexibility index (Phi) is 4.95. The topological polar surface area (TPSA) is 65.7 Å². The molecule has 0 saturated heterocycles. The Morgan fingerprint density at radius 1 is 1.07 bits per heavy atom. The van der Waals surface area contributed by atoms with Gasteiger partial charge in [-0.2, -0.15) is 5.10 Å². The van der Waals surface area contributed by atoms with Gasteiger partial charge >= 0.3 is 5.97 Å². The number of pyridine rings is 2. The van der Waals surface area contributed by atoms with E-state index in [0.29, 0.717) is 21.9 Å². The van der Waals surface area contributed by atoms with Gasteiger partial charge in [-0.3, -0.25) is 4.98 Å². The maximum Gasteiger partial charge on any atom is 0.343 e. The average Bonchev–Trinajstić information content (AvgIpc) is 3.18. The van der Waals surface area contributed by atoms with Crippen LogP contribution in [0.2, 0.25) is 5.02 Å². The Morgan fingerprint density at radius 3 is 2.61 bits per heavy atom. The van der Waals surface area contributed by atoms with E-state index in [0.717, 1.165) is 11.1 Å². The highest BCUT2D eigenvalue weighted by Crippen LogP contribution is 2.30. The van der Waals surface area contributed by atoms with Crippen molar-refractivity contribution in [2.24, 2.45) is 0 Å². The van der Waals surface area contributed by atoms with Crippen molar-refractivity contribution in [3.8, 4) is 5.75 Å². The Morgan fingerprint density at radius 2 is 1.89 bits per heavy atom. The number of carbonyl (C=O) groups excluding carboxylic acids is 1. The summed E-state index contributed by atoms with van der Waals surface area (Å²) in [5.41, 5.74) is 2.41. The molecule has 0 fully saturated rings. The number of ether oxygens (including phenoxy) is 2. The molecular formula is C21H16ClN3O3. The van der Waals surface area contributed by atoms with E-state index in [2.05, 4.69) is 10.1 Å². The Bertz CT molecular complexity index is 1110. The zero-order chi connectivity index (χ0) is 19.5. The molecule has 1 unspecified atom stereocenters. The van der Waals surface area contributed by atoms with E-state index in [1.807, 2.05) is 18.2 Å². The first-order chi connectivity index (χ1) is 13.7. The zero-order valence-electron chi connectivity index (χ0n) is 14.9. The summed E-state index contributed by atoms with van der Waals surface area (Å²) in [6.45, 7) is 0. The first-order valence-corrected chi connectivity index (χ1v) is 8.92. The van der Waals surface area contributed by atoms with E-state index in [1.165, 1.54) is 6.20 Å². The average molecular weight is 394 g/mol. The minimum atomic E-state index is -0.636. The van der Waals surface area contributed by atoms with Crippen molar-refractivity contribution < 1.29 is 14.3 Å². The van der Waals surface area contributed by atoms with Gasteiger partial charge in [-0.15, -0.1) is 0 Å². The lowest BCUT2D eigenvalue weighted by molar-refractivity contribution is 0.0379. The van der Waals surface area contributed by atoms with Gasteiger partial charge in [0.15, 0.2) is 6.10 Å². The van der Waals surface area contributed by atoms with Crippen LogP contribution in [0, 0.1) is 0 Å². The molecule has 3 aromatic heterocycles. The highest BCUT2D eigenvalue weighted by atomic mass is 35.5. The molecule has 0 N–H and O–H groups in total. The second-order valence-corrected chi connectivity index (χ2v) is 6.49. The lowest BCUT2D eigenvalue weighted by Crippen LogP contribution is -2.13. The van der Waals surface area contributed by atoms with Crippen LogP contribution in [0.5, 0.6) is 5.75 Å². The van der Waals surface area contributed by atoms with Crippen molar-refractivity contribution >= 4 is 23.1 Å². The van der Waals surface area contributed by atoms with Gasteiger partial charge in [0.1, 0.15) is 16.8 Å². The van der Waals surface area contributed by atoms with Gasteiger partial charge in [0.05, 0.1) is 13.3 Å². The van der Waals surface area contributed by atoms with Crippen molar-refractivity contribution in [1.82, 2.24) is 14.6 Å². The zero-order valence-corrected chi connectivity index (χ0v) is 15.7. The van der Waals surface area contributed by atoms with Crippen LogP contribution in [-0.2, 0) is 4.74 Å². The Balaban J connectivity index is 1.73. The van der Waals surface area contributed by atoms with Gasteiger partial charge in [-0.1, -0.05) is 29.8 Å². The van der Waals surface area contributed by atoms with Crippen molar-refractivity contribution in [3.63, 3.8) is 0 Å². The number of fused-ring (bicyclic) bond motifs is 1. The van der Waals surface area contributed by atoms with Gasteiger partial charge in [0, 0.05) is 29.2 Å². The smallest absolute Gasteiger partial charge is 0.343 e. The third kappa shape index (κ3) is 3.42. The summed E-state index contributed by atoms with van der Waals surface area (Å²) in [5.74, 6) is 0.0275. The summed E-state index contributed by atoms with van der Waals surface area (Å²) in [6.07, 6.45) is 5.92. The van der Waals surface area contributed by atoms with Crippen molar-refractivity contribution in [3.05, 3.63) is 95.0 Å². The lowest BCUT2D eigenvalue weighted by atomic mass is 10.0. The Hall–Kier alpha value is -3.38. The van der Waals surface area contributed by atoms with Crippen LogP contribution in [0.1, 0.15) is 27.6 Å². The van der Waals surface area contributed by atoms with Crippen molar-refractivity contribution in [2.75, 3.05) is 7.11 Å². The second kappa shape index (κ2) is 7.70. The van der Waals surface area contributed by atoms with E-state index < -0.39 is 12.1 Å². The molecule has 1 atom stereocenters. The highest BCUT2D eigenvalue weighted by Gasteiger charge is 2.24. The molecule has 1 aromatic carbocycles. The summed E-state index contributed by atoms with van der Waals surface area (Å²) in [4.78, 5) is 17.2. The molecule has 0 amide bonds. The van der Waals surface area contributed by atoms with E-state index in [1.54, 1.807) is 60.5 Å². The number of nitrogens with zero attached hydrogens (tertiary/aromatic N) is 3. The van der Waals surface area contributed by atoms with Gasteiger partial charge in [0.2, 0.25) is 0 Å². The molecule has 0 aliphatic carbocycles. The summed E-state index contributed by atoms with van der Waals surface area (Å²) < 4.78 is 12.8. The van der Waals surface area contributed by atoms with Gasteiger partial charge in [-0.25, -0.2) is 9.31 Å².